The van der Waals surface area contributed by atoms with Crippen LogP contribution in [0.15, 0.2) is 29.3 Å². The number of carboxylic acid groups (broad SMARTS) is 1. The molecule has 11 heteroatoms. The van der Waals surface area contributed by atoms with E-state index in [1.165, 1.54) is 6.20 Å². The summed E-state index contributed by atoms with van der Waals surface area (Å²) < 4.78 is 38.5. The maximum Gasteiger partial charge on any atom is 0.417 e. The Kier molecular flexibility index (Phi) is 4.61. The molecule has 3 rings (SSSR count). The topological polar surface area (TPSA) is 88.3 Å². The molecule has 0 radical (unpaired) electrons. The number of halogens is 4. The summed E-state index contributed by atoms with van der Waals surface area (Å²) in [7, 11) is 0. The zero-order chi connectivity index (χ0) is 19.1. The minimum absolute atomic E-state index is 0.110. The van der Waals surface area contributed by atoms with Gasteiger partial charge in [-0.05, 0) is 18.6 Å². The van der Waals surface area contributed by atoms with Gasteiger partial charge in [0.2, 0.25) is 0 Å². The minimum atomic E-state index is -4.54. The summed E-state index contributed by atoms with van der Waals surface area (Å²) in [5.74, 6) is -1.61. The highest BCUT2D eigenvalue weighted by Gasteiger charge is 2.32. The largest absolute Gasteiger partial charge is 0.481 e. The number of carbonyl (C=O) groups is 1. The number of aliphatic carboxylic acids is 1. The van der Waals surface area contributed by atoms with E-state index in [0.29, 0.717) is 19.2 Å². The van der Waals surface area contributed by atoms with Crippen molar-refractivity contribution in [2.75, 3.05) is 18.0 Å². The Morgan fingerprint density at radius 2 is 2.04 bits per heavy atom. The van der Waals surface area contributed by atoms with Crippen LogP contribution in [-0.4, -0.2) is 38.9 Å². The van der Waals surface area contributed by atoms with Crippen molar-refractivity contribution in [2.45, 2.75) is 12.6 Å². The van der Waals surface area contributed by atoms with Crippen molar-refractivity contribution in [1.29, 1.82) is 0 Å². The molecule has 0 aliphatic carbocycles. The SMILES string of the molecule is O=C(O)C1CCN(c2cnn(-c3ccc(C(F)(F)F)cn3)c(=O)c2Cl)C1. The van der Waals surface area contributed by atoms with E-state index in [9.17, 15) is 22.8 Å². The summed E-state index contributed by atoms with van der Waals surface area (Å²) in [5.41, 5.74) is -1.42. The number of carboxylic acids is 1. The molecule has 0 aromatic carbocycles. The normalized spacial score (nSPS) is 17.5. The monoisotopic (exact) mass is 388 g/mol. The Morgan fingerprint density at radius 1 is 1.31 bits per heavy atom. The van der Waals surface area contributed by atoms with Crippen LogP contribution < -0.4 is 10.5 Å². The van der Waals surface area contributed by atoms with Gasteiger partial charge in [-0.15, -0.1) is 0 Å². The van der Waals surface area contributed by atoms with Crippen LogP contribution in [0.2, 0.25) is 5.02 Å². The van der Waals surface area contributed by atoms with E-state index in [-0.39, 0.29) is 23.1 Å². The molecular weight excluding hydrogens is 377 g/mol. The van der Waals surface area contributed by atoms with Gasteiger partial charge in [0.05, 0.1) is 23.4 Å². The van der Waals surface area contributed by atoms with Gasteiger partial charge in [0.1, 0.15) is 5.02 Å². The van der Waals surface area contributed by atoms with Gasteiger partial charge in [0.25, 0.3) is 5.56 Å². The third kappa shape index (κ3) is 3.36. The molecule has 2 aromatic rings. The Morgan fingerprint density at radius 3 is 2.58 bits per heavy atom. The Bertz CT molecular complexity index is 898. The highest BCUT2D eigenvalue weighted by atomic mass is 35.5. The Balaban J connectivity index is 1.91. The van der Waals surface area contributed by atoms with Gasteiger partial charge in [-0.1, -0.05) is 11.6 Å². The lowest BCUT2D eigenvalue weighted by Gasteiger charge is -2.19. The van der Waals surface area contributed by atoms with Crippen LogP contribution in [0.3, 0.4) is 0 Å². The Labute approximate surface area is 149 Å². The molecule has 0 bridgehead atoms. The van der Waals surface area contributed by atoms with Gasteiger partial charge in [-0.25, -0.2) is 4.98 Å². The second-order valence-electron chi connectivity index (χ2n) is 5.73. The first-order chi connectivity index (χ1) is 12.2. The lowest BCUT2D eigenvalue weighted by atomic mass is 10.1. The molecule has 0 amide bonds. The average molecular weight is 389 g/mol. The van der Waals surface area contributed by atoms with Crippen LogP contribution in [0, 0.1) is 5.92 Å². The van der Waals surface area contributed by atoms with Crippen molar-refractivity contribution in [3.8, 4) is 5.82 Å². The molecule has 1 atom stereocenters. The molecule has 1 fully saturated rings. The van der Waals surface area contributed by atoms with E-state index in [0.717, 1.165) is 16.8 Å². The average Bonchev–Trinajstić information content (AvgIpc) is 3.07. The van der Waals surface area contributed by atoms with Crippen LogP contribution in [0.25, 0.3) is 5.82 Å². The number of pyridine rings is 1. The predicted molar refractivity (Wildman–Crippen MR) is 85.6 cm³/mol. The van der Waals surface area contributed by atoms with Gasteiger partial charge in [0.15, 0.2) is 5.82 Å². The van der Waals surface area contributed by atoms with Crippen LogP contribution in [-0.2, 0) is 11.0 Å². The van der Waals surface area contributed by atoms with Crippen LogP contribution in [0.4, 0.5) is 18.9 Å². The van der Waals surface area contributed by atoms with E-state index in [1.807, 2.05) is 0 Å². The molecule has 138 valence electrons. The molecule has 1 N–H and O–H groups in total. The molecule has 1 saturated heterocycles. The maximum absolute atomic E-state index is 12.6. The summed E-state index contributed by atoms with van der Waals surface area (Å²) in [6.45, 7) is 0.596. The number of anilines is 1. The fourth-order valence-corrected chi connectivity index (χ4v) is 2.92. The zero-order valence-corrected chi connectivity index (χ0v) is 13.8. The van der Waals surface area contributed by atoms with Crippen molar-refractivity contribution in [1.82, 2.24) is 14.8 Å². The minimum Gasteiger partial charge on any atom is -0.481 e. The molecule has 1 unspecified atom stereocenters. The van der Waals surface area contributed by atoms with Gasteiger partial charge >= 0.3 is 12.1 Å². The Hall–Kier alpha value is -2.62. The van der Waals surface area contributed by atoms with E-state index >= 15 is 0 Å². The zero-order valence-electron chi connectivity index (χ0n) is 13.1. The number of rotatable bonds is 3. The van der Waals surface area contributed by atoms with Crippen LogP contribution in [0.1, 0.15) is 12.0 Å². The standard InChI is InChI=1S/C15H12ClF3N4O3/c16-12-10(22-4-3-8(7-22)14(25)26)6-21-23(13(12)24)11-2-1-9(5-20-11)15(17,18)19/h1-2,5-6,8H,3-4,7H2,(H,25,26). The van der Waals surface area contributed by atoms with Gasteiger partial charge in [0, 0.05) is 19.3 Å². The molecule has 0 saturated carbocycles. The second kappa shape index (κ2) is 6.60. The third-order valence-electron chi connectivity index (χ3n) is 4.07. The predicted octanol–water partition coefficient (Wildman–Crippen LogP) is 2.21. The van der Waals surface area contributed by atoms with Crippen molar-refractivity contribution in [3.05, 3.63) is 45.5 Å². The van der Waals surface area contributed by atoms with Gasteiger partial charge in [-0.3, -0.25) is 9.59 Å². The van der Waals surface area contributed by atoms with Crippen LogP contribution in [0.5, 0.6) is 0 Å². The number of hydrogen-bond donors (Lipinski definition) is 1. The first kappa shape index (κ1) is 18.2. The highest BCUT2D eigenvalue weighted by Crippen LogP contribution is 2.29. The number of alkyl halides is 3. The lowest BCUT2D eigenvalue weighted by molar-refractivity contribution is -0.141. The highest BCUT2D eigenvalue weighted by molar-refractivity contribution is 6.33. The second-order valence-corrected chi connectivity index (χ2v) is 6.11. The molecule has 0 spiro atoms. The summed E-state index contributed by atoms with van der Waals surface area (Å²) in [5, 5.41) is 12.7. The molecular formula is C15H12ClF3N4O3. The van der Waals surface area contributed by atoms with Crippen LogP contribution >= 0.6 is 11.6 Å². The van der Waals surface area contributed by atoms with E-state index in [1.54, 1.807) is 4.90 Å². The van der Waals surface area contributed by atoms with Crippen molar-refractivity contribution >= 4 is 23.3 Å². The van der Waals surface area contributed by atoms with Crippen molar-refractivity contribution < 1.29 is 23.1 Å². The van der Waals surface area contributed by atoms with E-state index in [4.69, 9.17) is 16.7 Å². The molecule has 3 heterocycles. The fraction of sp³-hybridized carbons (Fsp3) is 0.333. The number of aromatic nitrogens is 3. The quantitative estimate of drug-likeness (QED) is 0.867. The maximum atomic E-state index is 12.6. The number of nitrogens with zero attached hydrogens (tertiary/aromatic N) is 4. The van der Waals surface area contributed by atoms with Gasteiger partial charge < -0.3 is 10.0 Å². The summed E-state index contributed by atoms with van der Waals surface area (Å²) >= 11 is 6.09. The smallest absolute Gasteiger partial charge is 0.417 e. The van der Waals surface area contributed by atoms with E-state index in [2.05, 4.69) is 10.1 Å². The lowest BCUT2D eigenvalue weighted by Crippen LogP contribution is -2.28. The summed E-state index contributed by atoms with van der Waals surface area (Å²) in [4.78, 5) is 28.7. The number of hydrogen-bond acceptors (Lipinski definition) is 5. The molecule has 7 nitrogen and oxygen atoms in total. The molecule has 1 aliphatic heterocycles. The molecule has 1 aliphatic rings. The first-order valence-electron chi connectivity index (χ1n) is 7.47. The van der Waals surface area contributed by atoms with Crippen molar-refractivity contribution in [3.63, 3.8) is 0 Å². The molecule has 26 heavy (non-hydrogen) atoms. The van der Waals surface area contributed by atoms with Gasteiger partial charge in [-0.2, -0.15) is 23.0 Å². The van der Waals surface area contributed by atoms with Crippen molar-refractivity contribution in [2.24, 2.45) is 5.92 Å². The summed E-state index contributed by atoms with van der Waals surface area (Å²) in [6.07, 6.45) is -2.26. The summed E-state index contributed by atoms with van der Waals surface area (Å²) in [6, 6.07) is 1.81. The molecule has 2 aromatic heterocycles. The fourth-order valence-electron chi connectivity index (χ4n) is 2.67. The first-order valence-corrected chi connectivity index (χ1v) is 7.85. The third-order valence-corrected chi connectivity index (χ3v) is 4.43. The van der Waals surface area contributed by atoms with E-state index < -0.39 is 29.2 Å².